The summed E-state index contributed by atoms with van der Waals surface area (Å²) in [6.07, 6.45) is 7.20. The molecule has 0 bridgehead atoms. The van der Waals surface area contributed by atoms with E-state index in [4.69, 9.17) is 5.84 Å². The first-order valence-electron chi connectivity index (χ1n) is 4.64. The number of rotatable bonds is 4. The fraction of sp³-hybridized carbons (Fsp3) is 0.556. The second-order valence-corrected chi connectivity index (χ2v) is 3.43. The Bertz CT molecular complexity index is 274. The molecule has 0 radical (unpaired) electrons. The van der Waals surface area contributed by atoms with Gasteiger partial charge in [-0.15, -0.1) is 24.8 Å². The van der Waals surface area contributed by atoms with Gasteiger partial charge in [-0.05, 0) is 24.8 Å². The molecular formula is C9H16Cl2N4. The Balaban J connectivity index is 0.000000980. The Labute approximate surface area is 102 Å². The van der Waals surface area contributed by atoms with Crippen molar-refractivity contribution in [3.05, 3.63) is 23.8 Å². The average molecular weight is 251 g/mol. The molecule has 3 N–H and O–H groups in total. The summed E-state index contributed by atoms with van der Waals surface area (Å²) < 4.78 is 0. The largest absolute Gasteiger partial charge is 0.271 e. The summed E-state index contributed by atoms with van der Waals surface area (Å²) in [4.78, 5) is 8.63. The van der Waals surface area contributed by atoms with Gasteiger partial charge in [0.05, 0.1) is 0 Å². The first kappa shape index (κ1) is 14.6. The number of hydrogen-bond acceptors (Lipinski definition) is 4. The Morgan fingerprint density at radius 1 is 1.27 bits per heavy atom. The second-order valence-electron chi connectivity index (χ2n) is 3.43. The minimum absolute atomic E-state index is 0. The lowest BCUT2D eigenvalue weighted by atomic mass is 10.2. The van der Waals surface area contributed by atoms with Crippen molar-refractivity contribution in [1.82, 2.24) is 15.4 Å². The van der Waals surface area contributed by atoms with Crippen LogP contribution in [0, 0.1) is 0 Å². The summed E-state index contributed by atoms with van der Waals surface area (Å²) in [6.45, 7) is 0.770. The van der Waals surface area contributed by atoms with Crippen LogP contribution in [-0.2, 0) is 6.42 Å². The van der Waals surface area contributed by atoms with Gasteiger partial charge in [0.25, 0.3) is 0 Å². The van der Waals surface area contributed by atoms with Crippen molar-refractivity contribution < 1.29 is 0 Å². The van der Waals surface area contributed by atoms with Crippen LogP contribution >= 0.6 is 24.8 Å². The van der Waals surface area contributed by atoms with Crippen LogP contribution < -0.4 is 11.3 Å². The highest BCUT2D eigenvalue weighted by Crippen LogP contribution is 2.37. The van der Waals surface area contributed by atoms with Crippen LogP contribution in [0.15, 0.2) is 12.4 Å². The standard InChI is InChI=1S/C9H14N4.2ClH/c10-13-4-3-7-5-11-9(12-6-7)8-1-2-8;;/h5-6,8,13H,1-4,10H2;2*1H. The molecule has 6 heteroatoms. The van der Waals surface area contributed by atoms with Crippen molar-refractivity contribution in [2.45, 2.75) is 25.2 Å². The molecular weight excluding hydrogens is 235 g/mol. The summed E-state index contributed by atoms with van der Waals surface area (Å²) in [6, 6.07) is 0. The maximum atomic E-state index is 5.17. The van der Waals surface area contributed by atoms with E-state index in [2.05, 4.69) is 15.4 Å². The van der Waals surface area contributed by atoms with Crippen molar-refractivity contribution in [3.63, 3.8) is 0 Å². The van der Waals surface area contributed by atoms with E-state index in [1.165, 1.54) is 12.8 Å². The lowest BCUT2D eigenvalue weighted by molar-refractivity contribution is 0.723. The van der Waals surface area contributed by atoms with Crippen molar-refractivity contribution in [3.8, 4) is 0 Å². The maximum Gasteiger partial charge on any atom is 0.131 e. The zero-order chi connectivity index (χ0) is 9.10. The lowest BCUT2D eigenvalue weighted by Gasteiger charge is -2.00. The third-order valence-electron chi connectivity index (χ3n) is 2.23. The van der Waals surface area contributed by atoms with Gasteiger partial charge in [0.15, 0.2) is 0 Å². The van der Waals surface area contributed by atoms with E-state index in [1.807, 2.05) is 12.4 Å². The van der Waals surface area contributed by atoms with Crippen LogP contribution in [-0.4, -0.2) is 16.5 Å². The van der Waals surface area contributed by atoms with E-state index in [0.717, 1.165) is 24.4 Å². The molecule has 0 aromatic carbocycles. The van der Waals surface area contributed by atoms with Crippen LogP contribution in [0.1, 0.15) is 30.1 Å². The number of hydrazine groups is 1. The fourth-order valence-electron chi connectivity index (χ4n) is 1.26. The maximum absolute atomic E-state index is 5.17. The van der Waals surface area contributed by atoms with Gasteiger partial charge in [-0.3, -0.25) is 11.3 Å². The molecule has 0 atom stereocenters. The van der Waals surface area contributed by atoms with Gasteiger partial charge in [0, 0.05) is 24.9 Å². The van der Waals surface area contributed by atoms with Crippen molar-refractivity contribution >= 4 is 24.8 Å². The van der Waals surface area contributed by atoms with Crippen molar-refractivity contribution in [2.75, 3.05) is 6.54 Å². The Hall–Kier alpha value is -0.420. The third kappa shape index (κ3) is 4.30. The van der Waals surface area contributed by atoms with Crippen LogP contribution in [0.25, 0.3) is 0 Å². The highest BCUT2D eigenvalue weighted by atomic mass is 35.5. The number of nitrogens with two attached hydrogens (primary N) is 1. The van der Waals surface area contributed by atoms with Crippen LogP contribution in [0.4, 0.5) is 0 Å². The van der Waals surface area contributed by atoms with Crippen LogP contribution in [0.3, 0.4) is 0 Å². The SMILES string of the molecule is Cl.Cl.NNCCc1cnc(C2CC2)nc1. The highest BCUT2D eigenvalue weighted by molar-refractivity contribution is 5.85. The topological polar surface area (TPSA) is 63.8 Å². The molecule has 1 fully saturated rings. The van der Waals surface area contributed by atoms with Crippen LogP contribution in [0.5, 0.6) is 0 Å². The molecule has 86 valence electrons. The third-order valence-corrected chi connectivity index (χ3v) is 2.23. The number of nitrogens with one attached hydrogen (secondary N) is 1. The number of hydrogen-bond donors (Lipinski definition) is 2. The molecule has 15 heavy (non-hydrogen) atoms. The lowest BCUT2D eigenvalue weighted by Crippen LogP contribution is -2.24. The van der Waals surface area contributed by atoms with Gasteiger partial charge < -0.3 is 0 Å². The molecule has 1 aromatic rings. The van der Waals surface area contributed by atoms with E-state index < -0.39 is 0 Å². The summed E-state index contributed by atoms with van der Waals surface area (Å²) in [5.74, 6) is 6.82. The first-order chi connectivity index (χ1) is 6.40. The Morgan fingerprint density at radius 3 is 2.33 bits per heavy atom. The number of aromatic nitrogens is 2. The first-order valence-corrected chi connectivity index (χ1v) is 4.64. The summed E-state index contributed by atoms with van der Waals surface area (Å²) in [5, 5.41) is 0. The van der Waals surface area contributed by atoms with Gasteiger partial charge in [-0.2, -0.15) is 0 Å². The van der Waals surface area contributed by atoms with Gasteiger partial charge in [0.2, 0.25) is 0 Å². The Morgan fingerprint density at radius 2 is 1.87 bits per heavy atom. The second kappa shape index (κ2) is 6.95. The molecule has 0 aliphatic heterocycles. The number of nitrogens with zero attached hydrogens (tertiary/aromatic N) is 2. The Kier molecular flexibility index (Phi) is 6.76. The molecule has 0 unspecified atom stereocenters. The molecule has 1 aromatic heterocycles. The smallest absolute Gasteiger partial charge is 0.131 e. The van der Waals surface area contributed by atoms with Gasteiger partial charge in [0.1, 0.15) is 5.82 Å². The van der Waals surface area contributed by atoms with Crippen molar-refractivity contribution in [1.29, 1.82) is 0 Å². The van der Waals surface area contributed by atoms with E-state index in [9.17, 15) is 0 Å². The van der Waals surface area contributed by atoms with E-state index in [0.29, 0.717) is 5.92 Å². The fourth-order valence-corrected chi connectivity index (χ4v) is 1.26. The molecule has 0 spiro atoms. The molecule has 1 saturated carbocycles. The molecule has 1 heterocycles. The van der Waals surface area contributed by atoms with Crippen molar-refractivity contribution in [2.24, 2.45) is 5.84 Å². The normalized spacial score (nSPS) is 13.9. The minimum atomic E-state index is 0. The quantitative estimate of drug-likeness (QED) is 0.623. The van der Waals surface area contributed by atoms with Crippen LogP contribution in [0.2, 0.25) is 0 Å². The highest BCUT2D eigenvalue weighted by Gasteiger charge is 2.25. The van der Waals surface area contributed by atoms with E-state index in [1.54, 1.807) is 0 Å². The predicted octanol–water partition coefficient (Wildman–Crippen LogP) is 1.20. The van der Waals surface area contributed by atoms with Gasteiger partial charge in [-0.25, -0.2) is 9.97 Å². The van der Waals surface area contributed by atoms with Gasteiger partial charge in [-0.1, -0.05) is 0 Å². The average Bonchev–Trinajstić information content (AvgIpc) is 2.99. The molecule has 1 aliphatic carbocycles. The molecule has 0 saturated heterocycles. The molecule has 0 amide bonds. The zero-order valence-electron chi connectivity index (χ0n) is 8.35. The predicted molar refractivity (Wildman–Crippen MR) is 64.4 cm³/mol. The van der Waals surface area contributed by atoms with E-state index in [-0.39, 0.29) is 24.8 Å². The minimum Gasteiger partial charge on any atom is -0.271 e. The summed E-state index contributed by atoms with van der Waals surface area (Å²) in [7, 11) is 0. The number of halogens is 2. The van der Waals surface area contributed by atoms with E-state index >= 15 is 0 Å². The molecule has 4 nitrogen and oxygen atoms in total. The molecule has 2 rings (SSSR count). The summed E-state index contributed by atoms with van der Waals surface area (Å²) in [5.41, 5.74) is 3.75. The molecule has 1 aliphatic rings. The monoisotopic (exact) mass is 250 g/mol. The zero-order valence-corrected chi connectivity index (χ0v) is 9.98. The van der Waals surface area contributed by atoms with Gasteiger partial charge >= 0.3 is 0 Å². The summed E-state index contributed by atoms with van der Waals surface area (Å²) >= 11 is 0.